The SMILES string of the molecule is CCc1cc(S(=O)(=O)NC(CC(=O)O)c2ccccc2)c(F)cc1-c1cccc(NC(=O)Nc2nc3ccccc3[nH]2)c1. The van der Waals surface area contributed by atoms with Gasteiger partial charge < -0.3 is 15.4 Å². The molecular weight excluding hydrogens is 573 g/mol. The number of hydrogen-bond donors (Lipinski definition) is 5. The predicted molar refractivity (Wildman–Crippen MR) is 162 cm³/mol. The van der Waals surface area contributed by atoms with Crippen molar-refractivity contribution in [1.82, 2.24) is 14.7 Å². The van der Waals surface area contributed by atoms with Crippen LogP contribution in [0.1, 0.15) is 30.5 Å². The second-order valence-electron chi connectivity index (χ2n) is 9.74. The lowest BCUT2D eigenvalue weighted by Crippen LogP contribution is -2.31. The van der Waals surface area contributed by atoms with Crippen LogP contribution in [-0.4, -0.2) is 35.5 Å². The van der Waals surface area contributed by atoms with Crippen molar-refractivity contribution in [3.63, 3.8) is 0 Å². The first-order valence-electron chi connectivity index (χ1n) is 13.4. The first-order chi connectivity index (χ1) is 20.6. The van der Waals surface area contributed by atoms with Gasteiger partial charge in [0.25, 0.3) is 0 Å². The summed E-state index contributed by atoms with van der Waals surface area (Å²) in [5, 5.41) is 14.7. The molecule has 0 aliphatic heterocycles. The Morgan fingerprint density at radius 2 is 1.70 bits per heavy atom. The lowest BCUT2D eigenvalue weighted by atomic mass is 9.97. The average Bonchev–Trinajstić information content (AvgIpc) is 3.39. The van der Waals surface area contributed by atoms with Crippen molar-refractivity contribution in [2.75, 3.05) is 10.6 Å². The number of amides is 2. The number of aryl methyl sites for hydroxylation is 1. The van der Waals surface area contributed by atoms with Gasteiger partial charge >= 0.3 is 12.0 Å². The molecule has 5 rings (SSSR count). The number of para-hydroxylation sites is 2. The van der Waals surface area contributed by atoms with E-state index in [1.807, 2.05) is 24.3 Å². The lowest BCUT2D eigenvalue weighted by molar-refractivity contribution is -0.137. The second-order valence-corrected chi connectivity index (χ2v) is 11.4. The van der Waals surface area contributed by atoms with Crippen LogP contribution in [0.4, 0.5) is 20.8 Å². The Bertz CT molecular complexity index is 1880. The Hall–Kier alpha value is -5.07. The van der Waals surface area contributed by atoms with E-state index < -0.39 is 45.2 Å². The molecule has 0 saturated heterocycles. The number of rotatable bonds is 10. The number of nitrogens with one attached hydrogen (secondary N) is 4. The molecule has 0 saturated carbocycles. The number of anilines is 2. The number of carboxylic acid groups (broad SMARTS) is 1. The molecule has 10 nitrogen and oxygen atoms in total. The summed E-state index contributed by atoms with van der Waals surface area (Å²) in [4.78, 5) is 30.8. The molecule has 0 spiro atoms. The number of hydrogen-bond acceptors (Lipinski definition) is 5. The molecule has 5 N–H and O–H groups in total. The third kappa shape index (κ3) is 6.88. The highest BCUT2D eigenvalue weighted by Gasteiger charge is 2.27. The van der Waals surface area contributed by atoms with Gasteiger partial charge in [-0.1, -0.05) is 61.5 Å². The minimum absolute atomic E-state index is 0.272. The molecule has 4 aromatic carbocycles. The van der Waals surface area contributed by atoms with Crippen LogP contribution in [0.25, 0.3) is 22.2 Å². The maximum atomic E-state index is 15.5. The largest absolute Gasteiger partial charge is 0.481 e. The van der Waals surface area contributed by atoms with Gasteiger partial charge in [-0.05, 0) is 65.1 Å². The maximum absolute atomic E-state index is 15.5. The number of fused-ring (bicyclic) bond motifs is 1. The third-order valence-corrected chi connectivity index (χ3v) is 8.25. The number of carbonyl (C=O) groups excluding carboxylic acids is 1. The van der Waals surface area contributed by atoms with Gasteiger partial charge in [0.05, 0.1) is 23.5 Å². The van der Waals surface area contributed by atoms with Crippen molar-refractivity contribution in [2.24, 2.45) is 0 Å². The van der Waals surface area contributed by atoms with Gasteiger partial charge in [-0.15, -0.1) is 0 Å². The first kappa shape index (κ1) is 29.4. The van der Waals surface area contributed by atoms with E-state index in [1.165, 1.54) is 6.07 Å². The highest BCUT2D eigenvalue weighted by atomic mass is 32.2. The maximum Gasteiger partial charge on any atom is 0.326 e. The molecule has 43 heavy (non-hydrogen) atoms. The number of carbonyl (C=O) groups is 2. The quantitative estimate of drug-likeness (QED) is 0.131. The number of nitrogens with zero attached hydrogens (tertiary/aromatic N) is 1. The highest BCUT2D eigenvalue weighted by molar-refractivity contribution is 7.89. The van der Waals surface area contributed by atoms with E-state index in [0.717, 1.165) is 11.6 Å². The number of aromatic amines is 1. The smallest absolute Gasteiger partial charge is 0.326 e. The molecule has 0 aliphatic rings. The first-order valence-corrected chi connectivity index (χ1v) is 14.9. The zero-order chi connectivity index (χ0) is 30.6. The van der Waals surface area contributed by atoms with Gasteiger partial charge in [-0.25, -0.2) is 27.3 Å². The number of carboxylic acids is 1. The third-order valence-electron chi connectivity index (χ3n) is 6.76. The molecule has 220 valence electrons. The fourth-order valence-corrected chi connectivity index (χ4v) is 6.08. The van der Waals surface area contributed by atoms with Crippen molar-refractivity contribution in [1.29, 1.82) is 0 Å². The monoisotopic (exact) mass is 601 g/mol. The van der Waals surface area contributed by atoms with Crippen LogP contribution in [0, 0.1) is 5.82 Å². The number of urea groups is 1. The van der Waals surface area contributed by atoms with Crippen molar-refractivity contribution >= 4 is 44.7 Å². The minimum Gasteiger partial charge on any atom is -0.481 e. The zero-order valence-corrected chi connectivity index (χ0v) is 23.8. The van der Waals surface area contributed by atoms with E-state index in [1.54, 1.807) is 61.5 Å². The number of H-pyrrole nitrogens is 1. The van der Waals surface area contributed by atoms with E-state index in [-0.39, 0.29) is 5.95 Å². The molecule has 12 heteroatoms. The number of halogens is 1. The Morgan fingerprint density at radius 3 is 2.42 bits per heavy atom. The molecule has 0 radical (unpaired) electrons. The van der Waals surface area contributed by atoms with Crippen molar-refractivity contribution < 1.29 is 27.5 Å². The summed E-state index contributed by atoms with van der Waals surface area (Å²) in [6.07, 6.45) is -0.146. The summed E-state index contributed by atoms with van der Waals surface area (Å²) in [6, 6.07) is 23.1. The molecule has 0 aliphatic carbocycles. The second kappa shape index (κ2) is 12.4. The molecule has 1 atom stereocenters. The Labute approximate surface area is 247 Å². The van der Waals surface area contributed by atoms with Crippen LogP contribution < -0.4 is 15.4 Å². The van der Waals surface area contributed by atoms with Gasteiger partial charge in [0.2, 0.25) is 16.0 Å². The number of benzene rings is 4. The van der Waals surface area contributed by atoms with Crippen LogP contribution in [0.2, 0.25) is 0 Å². The molecule has 0 fully saturated rings. The normalized spacial score (nSPS) is 12.1. The number of aliphatic carboxylic acids is 1. The molecule has 1 heterocycles. The fraction of sp³-hybridized carbons (Fsp3) is 0.129. The summed E-state index contributed by atoms with van der Waals surface area (Å²) >= 11 is 0. The molecule has 2 amide bonds. The van der Waals surface area contributed by atoms with Gasteiger partial charge in [-0.2, -0.15) is 0 Å². The van der Waals surface area contributed by atoms with Gasteiger partial charge in [0, 0.05) is 5.69 Å². The summed E-state index contributed by atoms with van der Waals surface area (Å²) in [6.45, 7) is 1.81. The number of sulfonamides is 1. The van der Waals surface area contributed by atoms with E-state index in [9.17, 15) is 23.1 Å². The zero-order valence-electron chi connectivity index (χ0n) is 23.0. The highest BCUT2D eigenvalue weighted by Crippen LogP contribution is 2.32. The van der Waals surface area contributed by atoms with Crippen LogP contribution in [0.3, 0.4) is 0 Å². The minimum atomic E-state index is -4.44. The Balaban J connectivity index is 1.38. The number of imidazole rings is 1. The van der Waals surface area contributed by atoms with Crippen molar-refractivity contribution in [3.8, 4) is 11.1 Å². The topological polar surface area (TPSA) is 153 Å². The summed E-state index contributed by atoms with van der Waals surface area (Å²) < 4.78 is 44.5. The summed E-state index contributed by atoms with van der Waals surface area (Å²) in [5.74, 6) is -1.93. The van der Waals surface area contributed by atoms with E-state index >= 15 is 4.39 Å². The predicted octanol–water partition coefficient (Wildman–Crippen LogP) is 6.07. The van der Waals surface area contributed by atoms with Crippen molar-refractivity contribution in [2.45, 2.75) is 30.7 Å². The number of aromatic nitrogens is 2. The van der Waals surface area contributed by atoms with Gasteiger partial charge in [0.1, 0.15) is 10.7 Å². The molecule has 1 aromatic heterocycles. The fourth-order valence-electron chi connectivity index (χ4n) is 4.75. The lowest BCUT2D eigenvalue weighted by Gasteiger charge is -2.19. The van der Waals surface area contributed by atoms with Crippen LogP contribution in [-0.2, 0) is 21.2 Å². The Kier molecular flexibility index (Phi) is 8.51. The van der Waals surface area contributed by atoms with Crippen LogP contribution in [0.5, 0.6) is 0 Å². The molecular formula is C31H28FN5O5S. The van der Waals surface area contributed by atoms with Gasteiger partial charge in [0.15, 0.2) is 0 Å². The van der Waals surface area contributed by atoms with E-state index in [2.05, 4.69) is 25.3 Å². The summed E-state index contributed by atoms with van der Waals surface area (Å²) in [5.41, 5.74) is 3.88. The standard InChI is InChI=1S/C31H28FN5O5S/c1-2-19-16-28(43(41,42)37-27(18-29(38)39)20-9-4-3-5-10-20)24(32)17-23(19)21-11-8-12-22(15-21)33-31(40)36-30-34-25-13-6-7-14-26(25)35-30/h3-17,27,37H,2,18H2,1H3,(H,38,39)(H3,33,34,35,36,40). The molecule has 1 unspecified atom stereocenters. The van der Waals surface area contributed by atoms with E-state index in [4.69, 9.17) is 0 Å². The average molecular weight is 602 g/mol. The Morgan fingerprint density at radius 1 is 0.953 bits per heavy atom. The van der Waals surface area contributed by atoms with Crippen LogP contribution >= 0.6 is 0 Å². The van der Waals surface area contributed by atoms with Gasteiger partial charge in [-0.3, -0.25) is 10.1 Å². The van der Waals surface area contributed by atoms with Crippen LogP contribution in [0.15, 0.2) is 95.9 Å². The van der Waals surface area contributed by atoms with Crippen molar-refractivity contribution in [3.05, 3.63) is 108 Å². The summed E-state index contributed by atoms with van der Waals surface area (Å²) in [7, 11) is -4.44. The van der Waals surface area contributed by atoms with E-state index in [0.29, 0.717) is 39.9 Å². The molecule has 5 aromatic rings. The molecule has 0 bridgehead atoms.